The maximum absolute atomic E-state index is 12.9. The molecular formula is C32H48O5. The Kier molecular flexibility index (Phi) is 7.12. The van der Waals surface area contributed by atoms with Crippen molar-refractivity contribution in [2.24, 2.45) is 39.4 Å². The van der Waals surface area contributed by atoms with Gasteiger partial charge in [-0.3, -0.25) is 9.59 Å². The SMILES string of the molecule is CC(=O)OC(C/C=C(\C)C(=O)O)[C@@H](C)[C@H]1CC[C@@]2(C)C3=C(CC[C@]12C)[C@@]1(C)CCC(=O)C(C)(C)[C@@H]1CC3. The molecule has 0 spiro atoms. The lowest BCUT2D eigenvalue weighted by Gasteiger charge is -2.61. The van der Waals surface area contributed by atoms with Crippen LogP contribution in [0.2, 0.25) is 0 Å². The lowest BCUT2D eigenvalue weighted by molar-refractivity contribution is -0.151. The molecule has 0 bridgehead atoms. The van der Waals surface area contributed by atoms with Crippen molar-refractivity contribution in [1.82, 2.24) is 0 Å². The molecule has 4 aliphatic rings. The van der Waals surface area contributed by atoms with E-state index in [0.717, 1.165) is 44.9 Å². The largest absolute Gasteiger partial charge is 0.478 e. The minimum atomic E-state index is -0.932. The highest BCUT2D eigenvalue weighted by atomic mass is 16.5. The van der Waals surface area contributed by atoms with E-state index in [1.165, 1.54) is 6.92 Å². The standard InChI is InChI=1S/C32H48O5/c1-19(28(35)36)9-11-25(37-21(3)33)20(2)22-13-17-32(8)24-10-12-26-29(4,5)27(34)15-16-30(26,6)23(24)14-18-31(22,32)7/h9,20,22,25-26H,10-18H2,1-8H3,(H,35,36)/b19-9+/t20-,22+,25?,26-,30+,31+,32-/m0/s1. The van der Waals surface area contributed by atoms with Crippen LogP contribution >= 0.6 is 0 Å². The molecule has 5 heteroatoms. The van der Waals surface area contributed by atoms with Crippen molar-refractivity contribution >= 4 is 17.7 Å². The molecule has 206 valence electrons. The highest BCUT2D eigenvalue weighted by Gasteiger charge is 2.63. The number of rotatable bonds is 6. The number of carboxylic acid groups (broad SMARTS) is 1. The summed E-state index contributed by atoms with van der Waals surface area (Å²) < 4.78 is 5.82. The first-order valence-electron chi connectivity index (χ1n) is 14.4. The van der Waals surface area contributed by atoms with Crippen molar-refractivity contribution < 1.29 is 24.2 Å². The number of fused-ring (bicyclic) bond motifs is 4. The number of ether oxygens (including phenoxy) is 1. The number of esters is 1. The summed E-state index contributed by atoms with van der Waals surface area (Å²) in [6.45, 7) is 17.0. The van der Waals surface area contributed by atoms with E-state index in [1.54, 1.807) is 24.1 Å². The minimum absolute atomic E-state index is 0.0956. The van der Waals surface area contributed by atoms with Gasteiger partial charge in [-0.1, -0.05) is 58.8 Å². The number of carbonyl (C=O) groups excluding carboxylic acids is 2. The Balaban J connectivity index is 1.67. The van der Waals surface area contributed by atoms with Crippen LogP contribution in [0, 0.1) is 39.4 Å². The zero-order chi connectivity index (χ0) is 27.6. The third-order valence-corrected chi connectivity index (χ3v) is 12.1. The zero-order valence-electron chi connectivity index (χ0n) is 24.3. The molecule has 1 unspecified atom stereocenters. The summed E-state index contributed by atoms with van der Waals surface area (Å²) in [4.78, 5) is 36.3. The van der Waals surface area contributed by atoms with E-state index >= 15 is 0 Å². The van der Waals surface area contributed by atoms with E-state index in [9.17, 15) is 19.5 Å². The third kappa shape index (κ3) is 4.23. The fourth-order valence-electron chi connectivity index (χ4n) is 9.60. The fourth-order valence-corrected chi connectivity index (χ4v) is 9.60. The van der Waals surface area contributed by atoms with Crippen LogP contribution in [-0.2, 0) is 19.1 Å². The van der Waals surface area contributed by atoms with Crippen molar-refractivity contribution in [3.63, 3.8) is 0 Å². The Labute approximate surface area is 223 Å². The van der Waals surface area contributed by atoms with Crippen molar-refractivity contribution in [3.05, 3.63) is 22.8 Å². The van der Waals surface area contributed by atoms with Crippen molar-refractivity contribution in [2.45, 2.75) is 119 Å². The van der Waals surface area contributed by atoms with Gasteiger partial charge in [-0.25, -0.2) is 4.79 Å². The highest BCUT2D eigenvalue weighted by Crippen LogP contribution is 2.72. The van der Waals surface area contributed by atoms with Crippen molar-refractivity contribution in [1.29, 1.82) is 0 Å². The number of Topliss-reactive ketones (excluding diaryl/α,β-unsaturated/α-hetero) is 1. The number of hydrogen-bond donors (Lipinski definition) is 1. The van der Waals surface area contributed by atoms with Gasteiger partial charge in [-0.15, -0.1) is 0 Å². The van der Waals surface area contributed by atoms with E-state index in [1.807, 2.05) is 0 Å². The number of hydrogen-bond acceptors (Lipinski definition) is 4. The molecule has 0 saturated heterocycles. The maximum Gasteiger partial charge on any atom is 0.330 e. The molecule has 0 aromatic carbocycles. The monoisotopic (exact) mass is 512 g/mol. The molecule has 0 amide bonds. The second kappa shape index (κ2) is 9.38. The summed E-state index contributed by atoms with van der Waals surface area (Å²) in [7, 11) is 0. The first-order chi connectivity index (χ1) is 17.1. The maximum atomic E-state index is 12.9. The van der Waals surface area contributed by atoms with Crippen LogP contribution in [0.1, 0.15) is 113 Å². The number of aliphatic carboxylic acids is 1. The lowest BCUT2D eigenvalue weighted by atomic mass is 9.43. The molecule has 0 aromatic heterocycles. The number of carboxylic acids is 1. The Hall–Kier alpha value is -1.91. The van der Waals surface area contributed by atoms with E-state index in [0.29, 0.717) is 30.5 Å². The molecular weight excluding hydrogens is 464 g/mol. The molecule has 1 N–H and O–H groups in total. The van der Waals surface area contributed by atoms with Crippen LogP contribution in [-0.4, -0.2) is 28.9 Å². The third-order valence-electron chi connectivity index (χ3n) is 12.1. The van der Waals surface area contributed by atoms with Gasteiger partial charge >= 0.3 is 11.9 Å². The van der Waals surface area contributed by atoms with Crippen LogP contribution < -0.4 is 0 Å². The first-order valence-corrected chi connectivity index (χ1v) is 14.4. The quantitative estimate of drug-likeness (QED) is 0.229. The summed E-state index contributed by atoms with van der Waals surface area (Å²) in [5.41, 5.74) is 3.68. The Morgan fingerprint density at radius 3 is 2.30 bits per heavy atom. The topological polar surface area (TPSA) is 80.7 Å². The van der Waals surface area contributed by atoms with Crippen LogP contribution in [0.3, 0.4) is 0 Å². The Bertz CT molecular complexity index is 1050. The normalized spacial score (nSPS) is 38.8. The molecule has 0 aromatic rings. The average molecular weight is 513 g/mol. The molecule has 4 rings (SSSR count). The molecule has 0 radical (unpaired) electrons. The van der Waals surface area contributed by atoms with Crippen molar-refractivity contribution in [3.8, 4) is 0 Å². The highest BCUT2D eigenvalue weighted by molar-refractivity contribution is 5.86. The Morgan fingerprint density at radius 2 is 1.68 bits per heavy atom. The van der Waals surface area contributed by atoms with E-state index < -0.39 is 5.97 Å². The predicted octanol–water partition coefficient (Wildman–Crippen LogP) is 7.29. The second-order valence-corrected chi connectivity index (χ2v) is 13.9. The average Bonchev–Trinajstić information content (AvgIpc) is 3.09. The summed E-state index contributed by atoms with van der Waals surface area (Å²) in [5.74, 6) is 0.140. The van der Waals surface area contributed by atoms with Gasteiger partial charge in [-0.05, 0) is 85.9 Å². The van der Waals surface area contributed by atoms with Gasteiger partial charge in [0.2, 0.25) is 0 Å². The molecule has 5 nitrogen and oxygen atoms in total. The van der Waals surface area contributed by atoms with Crippen LogP contribution in [0.15, 0.2) is 22.8 Å². The van der Waals surface area contributed by atoms with Gasteiger partial charge in [0.15, 0.2) is 0 Å². The van der Waals surface area contributed by atoms with E-state index in [2.05, 4.69) is 41.5 Å². The smallest absolute Gasteiger partial charge is 0.330 e. The summed E-state index contributed by atoms with van der Waals surface area (Å²) in [6.07, 6.45) is 10.1. The number of carbonyl (C=O) groups is 3. The summed E-state index contributed by atoms with van der Waals surface area (Å²) >= 11 is 0. The number of ketones is 1. The summed E-state index contributed by atoms with van der Waals surface area (Å²) in [5, 5.41) is 9.32. The molecule has 2 saturated carbocycles. The van der Waals surface area contributed by atoms with Crippen molar-refractivity contribution in [2.75, 3.05) is 0 Å². The van der Waals surface area contributed by atoms with Crippen LogP contribution in [0.4, 0.5) is 0 Å². The van der Waals surface area contributed by atoms with Crippen LogP contribution in [0.25, 0.3) is 0 Å². The fraction of sp³-hybridized carbons (Fsp3) is 0.781. The van der Waals surface area contributed by atoms with E-state index in [-0.39, 0.29) is 45.2 Å². The molecule has 37 heavy (non-hydrogen) atoms. The summed E-state index contributed by atoms with van der Waals surface area (Å²) in [6, 6.07) is 0. The molecule has 7 atom stereocenters. The zero-order valence-corrected chi connectivity index (χ0v) is 24.3. The van der Waals surface area contributed by atoms with Gasteiger partial charge in [0.1, 0.15) is 11.9 Å². The van der Waals surface area contributed by atoms with E-state index in [4.69, 9.17) is 4.74 Å². The lowest BCUT2D eigenvalue weighted by Crippen LogP contribution is -2.54. The first kappa shape index (κ1) is 28.1. The molecule has 0 aliphatic heterocycles. The molecule has 4 aliphatic carbocycles. The molecule has 2 fully saturated rings. The van der Waals surface area contributed by atoms with Gasteiger partial charge < -0.3 is 9.84 Å². The van der Waals surface area contributed by atoms with Gasteiger partial charge in [0.25, 0.3) is 0 Å². The Morgan fingerprint density at radius 1 is 1.00 bits per heavy atom. The van der Waals surface area contributed by atoms with Gasteiger partial charge in [0.05, 0.1) is 0 Å². The van der Waals surface area contributed by atoms with Crippen LogP contribution in [0.5, 0.6) is 0 Å². The minimum Gasteiger partial charge on any atom is -0.478 e. The number of allylic oxidation sites excluding steroid dienone is 2. The van der Waals surface area contributed by atoms with Gasteiger partial charge in [-0.2, -0.15) is 0 Å². The second-order valence-electron chi connectivity index (χ2n) is 13.9. The predicted molar refractivity (Wildman–Crippen MR) is 145 cm³/mol. The van der Waals surface area contributed by atoms with Gasteiger partial charge in [0, 0.05) is 30.8 Å². The molecule has 0 heterocycles.